The molecule has 0 aliphatic carbocycles. The van der Waals surface area contributed by atoms with Crippen molar-refractivity contribution >= 4 is 28.4 Å². The number of carbonyl (C=O) groups is 2. The van der Waals surface area contributed by atoms with Gasteiger partial charge in [0.15, 0.2) is 0 Å². The largest absolute Gasteiger partial charge is 0.369 e. The molecule has 0 saturated carbocycles. The van der Waals surface area contributed by atoms with E-state index >= 15 is 0 Å². The number of aryl methyl sites for hydroxylation is 2. The van der Waals surface area contributed by atoms with Crippen molar-refractivity contribution < 1.29 is 9.59 Å². The zero-order chi connectivity index (χ0) is 21.3. The average Bonchev–Trinajstić information content (AvgIpc) is 3.14. The van der Waals surface area contributed by atoms with Crippen LogP contribution >= 0.6 is 0 Å². The fourth-order valence-electron chi connectivity index (χ4n) is 4.30. The molecule has 1 aliphatic heterocycles. The number of nitrogens with one attached hydrogen (secondary N) is 2. The van der Waals surface area contributed by atoms with Gasteiger partial charge in [-0.15, -0.1) is 0 Å². The Morgan fingerprint density at radius 1 is 1.17 bits per heavy atom. The van der Waals surface area contributed by atoms with E-state index < -0.39 is 0 Å². The number of likely N-dealkylation sites (tertiary alicyclic amines) is 1. The molecule has 1 saturated heterocycles. The van der Waals surface area contributed by atoms with Crippen molar-refractivity contribution in [3.05, 3.63) is 64.8 Å². The minimum absolute atomic E-state index is 0.0546. The van der Waals surface area contributed by atoms with E-state index in [0.717, 1.165) is 53.6 Å². The number of fused-ring (bicyclic) bond motifs is 1. The number of benzene rings is 2. The lowest BCUT2D eigenvalue weighted by molar-refractivity contribution is -0.123. The van der Waals surface area contributed by atoms with Crippen molar-refractivity contribution in [1.29, 1.82) is 0 Å². The fourth-order valence-corrected chi connectivity index (χ4v) is 4.30. The smallest absolute Gasteiger partial charge is 0.272 e. The number of nitrogens with two attached hydrogens (primary N) is 1. The van der Waals surface area contributed by atoms with Crippen LogP contribution in [0.15, 0.2) is 42.5 Å². The van der Waals surface area contributed by atoms with Crippen molar-refractivity contribution in [2.24, 2.45) is 11.7 Å². The molecule has 1 unspecified atom stereocenters. The molecule has 156 valence electrons. The summed E-state index contributed by atoms with van der Waals surface area (Å²) in [6.45, 7) is 6.57. The Morgan fingerprint density at radius 2 is 1.93 bits per heavy atom. The molecule has 4 N–H and O–H groups in total. The molecule has 6 heteroatoms. The summed E-state index contributed by atoms with van der Waals surface area (Å²) in [5.74, 6) is -0.419. The van der Waals surface area contributed by atoms with Crippen LogP contribution in [0.1, 0.15) is 40.0 Å². The molecule has 4 rings (SSSR count). The maximum absolute atomic E-state index is 12.7. The van der Waals surface area contributed by atoms with Gasteiger partial charge in [0.2, 0.25) is 5.91 Å². The number of aromatic amines is 1. The summed E-state index contributed by atoms with van der Waals surface area (Å²) >= 11 is 0. The zero-order valence-corrected chi connectivity index (χ0v) is 17.5. The molecule has 1 fully saturated rings. The van der Waals surface area contributed by atoms with Gasteiger partial charge in [0.05, 0.1) is 5.92 Å². The first-order valence-electron chi connectivity index (χ1n) is 10.4. The molecule has 2 amide bonds. The molecule has 1 aromatic heterocycles. The van der Waals surface area contributed by atoms with Crippen molar-refractivity contribution in [2.75, 3.05) is 18.4 Å². The van der Waals surface area contributed by atoms with Gasteiger partial charge in [-0.1, -0.05) is 18.2 Å². The average molecular weight is 405 g/mol. The van der Waals surface area contributed by atoms with Gasteiger partial charge < -0.3 is 16.0 Å². The normalized spacial score (nSPS) is 17.2. The highest BCUT2D eigenvalue weighted by molar-refractivity contribution is 6.06. The Labute approximate surface area is 176 Å². The molecule has 2 heterocycles. The summed E-state index contributed by atoms with van der Waals surface area (Å²) in [5.41, 5.74) is 11.2. The van der Waals surface area contributed by atoms with E-state index in [4.69, 9.17) is 5.73 Å². The summed E-state index contributed by atoms with van der Waals surface area (Å²) in [6.07, 6.45) is 1.87. The van der Waals surface area contributed by atoms with Crippen LogP contribution < -0.4 is 11.1 Å². The Bertz CT molecular complexity index is 1080. The predicted molar refractivity (Wildman–Crippen MR) is 119 cm³/mol. The summed E-state index contributed by atoms with van der Waals surface area (Å²) in [5, 5.41) is 4.03. The SMILES string of the molecule is Cc1cc(C)c2cc(C(=O)Nc3ccc(CN4CCCC(C(N)=O)C4)cc3)[nH]c2c1. The van der Waals surface area contributed by atoms with Crippen molar-refractivity contribution in [1.82, 2.24) is 9.88 Å². The van der Waals surface area contributed by atoms with Crippen molar-refractivity contribution in [3.63, 3.8) is 0 Å². The molecule has 1 aliphatic rings. The van der Waals surface area contributed by atoms with Gasteiger partial charge in [-0.2, -0.15) is 0 Å². The van der Waals surface area contributed by atoms with Crippen LogP contribution in [0.25, 0.3) is 10.9 Å². The van der Waals surface area contributed by atoms with Crippen LogP contribution in [0.2, 0.25) is 0 Å². The van der Waals surface area contributed by atoms with E-state index in [0.29, 0.717) is 12.2 Å². The number of nitrogens with zero attached hydrogens (tertiary/aromatic N) is 1. The summed E-state index contributed by atoms with van der Waals surface area (Å²) < 4.78 is 0. The van der Waals surface area contributed by atoms with Crippen LogP contribution in [0.3, 0.4) is 0 Å². The molecule has 6 nitrogen and oxygen atoms in total. The number of piperidine rings is 1. The quantitative estimate of drug-likeness (QED) is 0.605. The second kappa shape index (κ2) is 8.32. The highest BCUT2D eigenvalue weighted by Crippen LogP contribution is 2.23. The minimum Gasteiger partial charge on any atom is -0.369 e. The molecule has 2 aromatic carbocycles. The number of aromatic nitrogens is 1. The van der Waals surface area contributed by atoms with Crippen LogP contribution in [0, 0.1) is 19.8 Å². The number of anilines is 1. The molecular formula is C24H28N4O2. The van der Waals surface area contributed by atoms with Gasteiger partial charge in [-0.3, -0.25) is 14.5 Å². The lowest BCUT2D eigenvalue weighted by atomic mass is 9.97. The second-order valence-electron chi connectivity index (χ2n) is 8.35. The van der Waals surface area contributed by atoms with Crippen molar-refractivity contribution in [2.45, 2.75) is 33.2 Å². The van der Waals surface area contributed by atoms with Crippen LogP contribution in [-0.4, -0.2) is 34.8 Å². The summed E-state index contributed by atoms with van der Waals surface area (Å²) in [7, 11) is 0. The first-order chi connectivity index (χ1) is 14.4. The van der Waals surface area contributed by atoms with E-state index in [9.17, 15) is 9.59 Å². The summed E-state index contributed by atoms with van der Waals surface area (Å²) in [4.78, 5) is 29.6. The number of hydrogen-bond acceptors (Lipinski definition) is 3. The molecule has 0 radical (unpaired) electrons. The first kappa shape index (κ1) is 20.2. The maximum Gasteiger partial charge on any atom is 0.272 e. The van der Waals surface area contributed by atoms with E-state index in [-0.39, 0.29) is 17.7 Å². The fraction of sp³-hybridized carbons (Fsp3) is 0.333. The second-order valence-corrected chi connectivity index (χ2v) is 8.35. The number of rotatable bonds is 5. The lowest BCUT2D eigenvalue weighted by Crippen LogP contribution is -2.40. The van der Waals surface area contributed by atoms with Crippen LogP contribution in [0.5, 0.6) is 0 Å². The molecule has 1 atom stereocenters. The molecule has 0 bridgehead atoms. The Morgan fingerprint density at radius 3 is 2.67 bits per heavy atom. The Balaban J connectivity index is 1.40. The topological polar surface area (TPSA) is 91.2 Å². The molecule has 0 spiro atoms. The maximum atomic E-state index is 12.7. The van der Waals surface area contributed by atoms with Crippen LogP contribution in [0.4, 0.5) is 5.69 Å². The van der Waals surface area contributed by atoms with Gasteiger partial charge in [0.25, 0.3) is 5.91 Å². The third kappa shape index (κ3) is 4.39. The zero-order valence-electron chi connectivity index (χ0n) is 17.5. The monoisotopic (exact) mass is 404 g/mol. The van der Waals surface area contributed by atoms with E-state index in [1.54, 1.807) is 0 Å². The van der Waals surface area contributed by atoms with Gasteiger partial charge in [0.1, 0.15) is 5.69 Å². The lowest BCUT2D eigenvalue weighted by Gasteiger charge is -2.31. The third-order valence-electron chi connectivity index (χ3n) is 5.86. The summed E-state index contributed by atoms with van der Waals surface area (Å²) in [6, 6.07) is 13.9. The number of H-pyrrole nitrogens is 1. The van der Waals surface area contributed by atoms with Crippen molar-refractivity contribution in [3.8, 4) is 0 Å². The molecular weight excluding hydrogens is 376 g/mol. The highest BCUT2D eigenvalue weighted by Gasteiger charge is 2.23. The number of primary amides is 1. The van der Waals surface area contributed by atoms with Crippen LogP contribution in [-0.2, 0) is 11.3 Å². The van der Waals surface area contributed by atoms with Gasteiger partial charge in [-0.05, 0) is 74.2 Å². The third-order valence-corrected chi connectivity index (χ3v) is 5.86. The number of hydrogen-bond donors (Lipinski definition) is 3. The first-order valence-corrected chi connectivity index (χ1v) is 10.4. The highest BCUT2D eigenvalue weighted by atomic mass is 16.2. The molecule has 3 aromatic rings. The van der Waals surface area contributed by atoms with E-state index in [1.165, 1.54) is 5.56 Å². The van der Waals surface area contributed by atoms with Gasteiger partial charge >= 0.3 is 0 Å². The Kier molecular flexibility index (Phi) is 5.59. The van der Waals surface area contributed by atoms with Gasteiger partial charge in [0, 0.05) is 29.7 Å². The Hall–Kier alpha value is -3.12. The number of carbonyl (C=O) groups excluding carboxylic acids is 2. The minimum atomic E-state index is -0.208. The van der Waals surface area contributed by atoms with Gasteiger partial charge in [-0.25, -0.2) is 0 Å². The predicted octanol–water partition coefficient (Wildman–Crippen LogP) is 3.73. The van der Waals surface area contributed by atoms with E-state index in [1.807, 2.05) is 37.3 Å². The number of amides is 2. The molecule has 30 heavy (non-hydrogen) atoms. The standard InChI is InChI=1S/C24H28N4O2/c1-15-10-16(2)20-12-22(27-21(20)11-15)24(30)26-19-7-5-17(6-8-19)13-28-9-3-4-18(14-28)23(25)29/h5-8,10-12,18,27H,3-4,9,13-14H2,1-2H3,(H2,25,29)(H,26,30). The van der Waals surface area contributed by atoms with E-state index in [2.05, 4.69) is 34.3 Å².